The summed E-state index contributed by atoms with van der Waals surface area (Å²) in [5, 5.41) is 11.0. The molecule has 0 aromatic carbocycles. The normalized spacial score (nSPS) is 12.4. The van der Waals surface area contributed by atoms with Crippen LogP contribution in [-0.2, 0) is 18.3 Å². The van der Waals surface area contributed by atoms with Crippen molar-refractivity contribution in [2.75, 3.05) is 13.7 Å². The number of methoxy groups -OCH3 is 1. The van der Waals surface area contributed by atoms with Gasteiger partial charge in [0.15, 0.2) is 11.5 Å². The van der Waals surface area contributed by atoms with Crippen LogP contribution in [0.25, 0.3) is 11.2 Å². The molecule has 0 aliphatic carbocycles. The number of hydrogen-bond donors (Lipinski definition) is 1. The molecule has 3 rings (SSSR count). The third-order valence-corrected chi connectivity index (χ3v) is 3.94. The van der Waals surface area contributed by atoms with Crippen LogP contribution in [0, 0.1) is 0 Å². The Morgan fingerprint density at radius 2 is 2.20 bits per heavy atom. The van der Waals surface area contributed by atoms with E-state index in [0.29, 0.717) is 23.5 Å². The first-order valence-corrected chi connectivity index (χ1v) is 8.04. The molecule has 1 amide bonds. The number of pyridine rings is 1. The van der Waals surface area contributed by atoms with E-state index < -0.39 is 0 Å². The molecule has 0 fully saturated rings. The molecule has 3 aromatic rings. The number of carbonyl (C=O) groups is 1. The Morgan fingerprint density at radius 1 is 1.36 bits per heavy atom. The maximum absolute atomic E-state index is 12.5. The van der Waals surface area contributed by atoms with Gasteiger partial charge in [0.25, 0.3) is 5.91 Å². The number of ether oxygens (including phenoxy) is 1. The molecule has 25 heavy (non-hydrogen) atoms. The Kier molecular flexibility index (Phi) is 5.03. The van der Waals surface area contributed by atoms with Crippen LogP contribution in [0.1, 0.15) is 35.6 Å². The van der Waals surface area contributed by atoms with Gasteiger partial charge in [-0.3, -0.25) is 4.79 Å². The third-order valence-electron chi connectivity index (χ3n) is 3.94. The monoisotopic (exact) mass is 343 g/mol. The standard InChI is InChI=1S/C16H21N7O2/c1-11(14-21-19-10-23(14)5-4-6-25-3)20-16(24)12-7-13-15(17-8-12)22(2)9-18-13/h7-11H,4-6H2,1-3H3,(H,20,24). The van der Waals surface area contributed by atoms with E-state index >= 15 is 0 Å². The summed E-state index contributed by atoms with van der Waals surface area (Å²) < 4.78 is 8.79. The van der Waals surface area contributed by atoms with Crippen LogP contribution in [0.4, 0.5) is 0 Å². The molecular weight excluding hydrogens is 322 g/mol. The average molecular weight is 343 g/mol. The molecule has 0 radical (unpaired) electrons. The van der Waals surface area contributed by atoms with E-state index in [9.17, 15) is 4.79 Å². The van der Waals surface area contributed by atoms with Crippen molar-refractivity contribution in [3.8, 4) is 0 Å². The lowest BCUT2D eigenvalue weighted by atomic mass is 10.2. The lowest BCUT2D eigenvalue weighted by molar-refractivity contribution is 0.0937. The average Bonchev–Trinajstić information content (AvgIpc) is 3.22. The number of carbonyl (C=O) groups excluding carboxylic acids is 1. The van der Waals surface area contributed by atoms with Crippen LogP contribution < -0.4 is 5.32 Å². The molecule has 0 aliphatic rings. The van der Waals surface area contributed by atoms with Crippen LogP contribution in [-0.4, -0.2) is 48.9 Å². The molecule has 1 N–H and O–H groups in total. The second-order valence-corrected chi connectivity index (χ2v) is 5.85. The van der Waals surface area contributed by atoms with E-state index in [0.717, 1.165) is 18.6 Å². The Bertz CT molecular complexity index is 870. The molecule has 3 aromatic heterocycles. The van der Waals surface area contributed by atoms with Gasteiger partial charge < -0.3 is 19.2 Å². The lowest BCUT2D eigenvalue weighted by Gasteiger charge is -2.14. The number of nitrogens with zero attached hydrogens (tertiary/aromatic N) is 6. The zero-order valence-corrected chi connectivity index (χ0v) is 14.5. The second-order valence-electron chi connectivity index (χ2n) is 5.85. The van der Waals surface area contributed by atoms with Gasteiger partial charge in [-0.05, 0) is 19.4 Å². The number of rotatable bonds is 7. The summed E-state index contributed by atoms with van der Waals surface area (Å²) in [5.41, 5.74) is 1.89. The predicted octanol–water partition coefficient (Wildman–Crippen LogP) is 1.09. The highest BCUT2D eigenvalue weighted by molar-refractivity contribution is 5.96. The summed E-state index contributed by atoms with van der Waals surface area (Å²) in [4.78, 5) is 21.0. The predicted molar refractivity (Wildman–Crippen MR) is 90.9 cm³/mol. The number of aryl methyl sites for hydroxylation is 2. The van der Waals surface area contributed by atoms with Crippen LogP contribution >= 0.6 is 0 Å². The third kappa shape index (κ3) is 3.66. The summed E-state index contributed by atoms with van der Waals surface area (Å²) >= 11 is 0. The largest absolute Gasteiger partial charge is 0.385 e. The molecule has 1 unspecified atom stereocenters. The van der Waals surface area contributed by atoms with E-state index in [1.807, 2.05) is 23.1 Å². The van der Waals surface area contributed by atoms with E-state index in [2.05, 4.69) is 25.5 Å². The fourth-order valence-electron chi connectivity index (χ4n) is 2.64. The van der Waals surface area contributed by atoms with Gasteiger partial charge in [0.05, 0.1) is 17.9 Å². The number of aromatic nitrogens is 6. The molecule has 9 heteroatoms. The summed E-state index contributed by atoms with van der Waals surface area (Å²) in [6, 6.07) is 1.45. The topological polar surface area (TPSA) is 99.8 Å². The van der Waals surface area contributed by atoms with Gasteiger partial charge in [0.1, 0.15) is 11.8 Å². The highest BCUT2D eigenvalue weighted by atomic mass is 16.5. The summed E-state index contributed by atoms with van der Waals surface area (Å²) in [5.74, 6) is 0.482. The molecule has 3 heterocycles. The zero-order chi connectivity index (χ0) is 17.8. The van der Waals surface area contributed by atoms with Gasteiger partial charge in [-0.1, -0.05) is 0 Å². The van der Waals surface area contributed by atoms with Crippen LogP contribution in [0.15, 0.2) is 24.9 Å². The lowest BCUT2D eigenvalue weighted by Crippen LogP contribution is -2.29. The van der Waals surface area contributed by atoms with Gasteiger partial charge in [0, 0.05) is 33.5 Å². The molecule has 0 saturated carbocycles. The molecule has 0 saturated heterocycles. The molecular formula is C16H21N7O2. The van der Waals surface area contributed by atoms with Crippen molar-refractivity contribution in [2.45, 2.75) is 25.9 Å². The Hall–Kier alpha value is -2.81. The summed E-state index contributed by atoms with van der Waals surface area (Å²) in [6.45, 7) is 3.27. The Balaban J connectivity index is 1.70. The first kappa shape index (κ1) is 17.0. The first-order valence-electron chi connectivity index (χ1n) is 8.04. The van der Waals surface area contributed by atoms with Crippen molar-refractivity contribution in [1.82, 2.24) is 34.6 Å². The fraction of sp³-hybridized carbons (Fsp3) is 0.438. The molecule has 9 nitrogen and oxygen atoms in total. The zero-order valence-electron chi connectivity index (χ0n) is 14.5. The fourth-order valence-corrected chi connectivity index (χ4v) is 2.64. The SMILES string of the molecule is COCCCn1cnnc1C(C)NC(=O)c1cnc2c(c1)ncn2C. The van der Waals surface area contributed by atoms with E-state index in [-0.39, 0.29) is 11.9 Å². The molecule has 1 atom stereocenters. The van der Waals surface area contributed by atoms with E-state index in [4.69, 9.17) is 4.74 Å². The second kappa shape index (κ2) is 7.39. The number of amides is 1. The highest BCUT2D eigenvalue weighted by Gasteiger charge is 2.17. The van der Waals surface area contributed by atoms with Gasteiger partial charge in [-0.15, -0.1) is 10.2 Å². The summed E-state index contributed by atoms with van der Waals surface area (Å²) in [7, 11) is 3.53. The number of nitrogens with one attached hydrogen (secondary N) is 1. The van der Waals surface area contributed by atoms with Gasteiger partial charge in [-0.25, -0.2) is 9.97 Å². The van der Waals surface area contributed by atoms with Crippen LogP contribution in [0.3, 0.4) is 0 Å². The maximum Gasteiger partial charge on any atom is 0.253 e. The van der Waals surface area contributed by atoms with Crippen molar-refractivity contribution in [2.24, 2.45) is 7.05 Å². The van der Waals surface area contributed by atoms with Gasteiger partial charge >= 0.3 is 0 Å². The number of imidazole rings is 1. The minimum atomic E-state index is -0.281. The molecule has 132 valence electrons. The van der Waals surface area contributed by atoms with Gasteiger partial charge in [-0.2, -0.15) is 0 Å². The van der Waals surface area contributed by atoms with E-state index in [1.165, 1.54) is 0 Å². The maximum atomic E-state index is 12.5. The van der Waals surface area contributed by atoms with Crippen molar-refractivity contribution in [1.29, 1.82) is 0 Å². The minimum absolute atomic E-state index is 0.223. The van der Waals surface area contributed by atoms with Crippen molar-refractivity contribution in [3.63, 3.8) is 0 Å². The Morgan fingerprint density at radius 3 is 3.00 bits per heavy atom. The summed E-state index contributed by atoms with van der Waals surface area (Å²) in [6.07, 6.45) is 5.73. The number of fused-ring (bicyclic) bond motifs is 1. The quantitative estimate of drug-likeness (QED) is 0.645. The first-order chi connectivity index (χ1) is 12.1. The van der Waals surface area contributed by atoms with Crippen molar-refractivity contribution < 1.29 is 9.53 Å². The molecule has 0 bridgehead atoms. The smallest absolute Gasteiger partial charge is 0.253 e. The van der Waals surface area contributed by atoms with E-state index in [1.54, 1.807) is 32.0 Å². The van der Waals surface area contributed by atoms with Gasteiger partial charge in [0.2, 0.25) is 0 Å². The van der Waals surface area contributed by atoms with Crippen LogP contribution in [0.5, 0.6) is 0 Å². The molecule has 0 aliphatic heterocycles. The minimum Gasteiger partial charge on any atom is -0.385 e. The van der Waals surface area contributed by atoms with Crippen molar-refractivity contribution >= 4 is 17.1 Å². The van der Waals surface area contributed by atoms with Crippen molar-refractivity contribution in [3.05, 3.63) is 36.3 Å². The molecule has 0 spiro atoms. The number of hydrogen-bond acceptors (Lipinski definition) is 6. The van der Waals surface area contributed by atoms with Crippen LogP contribution in [0.2, 0.25) is 0 Å². The highest BCUT2D eigenvalue weighted by Crippen LogP contribution is 2.14. The Labute approximate surface area is 145 Å².